The molecule has 3 rings (SSSR count). The number of rotatable bonds is 4. The number of nitrogens with one attached hydrogen (secondary N) is 1. The summed E-state index contributed by atoms with van der Waals surface area (Å²) < 4.78 is 0. The molecule has 0 aliphatic heterocycles. The Kier molecular flexibility index (Phi) is 4.49. The summed E-state index contributed by atoms with van der Waals surface area (Å²) in [5, 5.41) is 0. The Bertz CT molecular complexity index is 580. The van der Waals surface area contributed by atoms with Gasteiger partial charge in [-0.05, 0) is 25.7 Å². The van der Waals surface area contributed by atoms with Crippen molar-refractivity contribution in [3.8, 4) is 11.4 Å². The molecule has 1 aliphatic carbocycles. The predicted octanol–water partition coefficient (Wildman–Crippen LogP) is 4.46. The van der Waals surface area contributed by atoms with Crippen molar-refractivity contribution in [3.05, 3.63) is 42.2 Å². The Balaban J connectivity index is 1.65. The number of imidazole rings is 1. The maximum absolute atomic E-state index is 4.73. The van der Waals surface area contributed by atoms with Crippen LogP contribution < -0.4 is 0 Å². The van der Waals surface area contributed by atoms with Gasteiger partial charge in [0, 0.05) is 11.8 Å². The van der Waals surface area contributed by atoms with Crippen molar-refractivity contribution in [2.24, 2.45) is 10.9 Å². The van der Waals surface area contributed by atoms with Gasteiger partial charge in [0.25, 0.3) is 0 Å². The number of hydrogen-bond acceptors (Lipinski definition) is 2. The van der Waals surface area contributed by atoms with E-state index in [4.69, 9.17) is 4.99 Å². The summed E-state index contributed by atoms with van der Waals surface area (Å²) in [7, 11) is 0. The minimum atomic E-state index is 0.411. The number of aliphatic imine (C=N–C) groups is 1. The molecule has 1 aromatic heterocycles. The van der Waals surface area contributed by atoms with Gasteiger partial charge in [-0.15, -0.1) is 0 Å². The summed E-state index contributed by atoms with van der Waals surface area (Å²) in [5.74, 6) is 1.66. The smallest absolute Gasteiger partial charge is 0.137 e. The lowest BCUT2D eigenvalue weighted by atomic mass is 9.85. The number of nitrogens with zero attached hydrogens (tertiary/aromatic N) is 2. The highest BCUT2D eigenvalue weighted by molar-refractivity contribution is 5.78. The van der Waals surface area contributed by atoms with Gasteiger partial charge in [0.05, 0.1) is 17.9 Å². The Labute approximate surface area is 126 Å². The van der Waals surface area contributed by atoms with Crippen molar-refractivity contribution < 1.29 is 0 Å². The third kappa shape index (κ3) is 3.60. The molecular weight excluding hydrogens is 258 g/mol. The third-order valence-corrected chi connectivity index (χ3v) is 4.42. The molecule has 0 bridgehead atoms. The van der Waals surface area contributed by atoms with Gasteiger partial charge in [0.15, 0.2) is 0 Å². The monoisotopic (exact) mass is 281 g/mol. The van der Waals surface area contributed by atoms with Crippen LogP contribution in [-0.4, -0.2) is 22.2 Å². The Hall–Kier alpha value is -1.90. The van der Waals surface area contributed by atoms with E-state index in [0.717, 1.165) is 23.0 Å². The summed E-state index contributed by atoms with van der Waals surface area (Å²) >= 11 is 0. The molecular formula is C18H23N3. The molecule has 1 aliphatic rings. The van der Waals surface area contributed by atoms with E-state index in [9.17, 15) is 0 Å². The number of aromatic nitrogens is 2. The minimum Gasteiger partial charge on any atom is -0.337 e. The van der Waals surface area contributed by atoms with Gasteiger partial charge in [-0.25, -0.2) is 4.98 Å². The normalized spacial score (nSPS) is 18.1. The van der Waals surface area contributed by atoms with E-state index < -0.39 is 0 Å². The second-order valence-corrected chi connectivity index (χ2v) is 5.97. The standard InChI is InChI=1S/C18H23N3/c1-14(15-8-4-2-5-9-15)19-12-17-13-20-18(21-17)16-10-6-3-7-11-16/h3,6-7,10-15H,2,4-5,8-9H2,1H3,(H,20,21)/t14-/m1/s1. The van der Waals surface area contributed by atoms with Gasteiger partial charge >= 0.3 is 0 Å². The highest BCUT2D eigenvalue weighted by atomic mass is 14.9. The molecule has 21 heavy (non-hydrogen) atoms. The Morgan fingerprint density at radius 1 is 1.19 bits per heavy atom. The van der Waals surface area contributed by atoms with Crippen molar-refractivity contribution in [2.75, 3.05) is 0 Å². The summed E-state index contributed by atoms with van der Waals surface area (Å²) in [6, 6.07) is 10.6. The molecule has 1 heterocycles. The second kappa shape index (κ2) is 6.70. The molecule has 1 atom stereocenters. The predicted molar refractivity (Wildman–Crippen MR) is 87.7 cm³/mol. The topological polar surface area (TPSA) is 41.0 Å². The number of benzene rings is 1. The van der Waals surface area contributed by atoms with Crippen LogP contribution in [0.5, 0.6) is 0 Å². The zero-order chi connectivity index (χ0) is 14.5. The summed E-state index contributed by atoms with van der Waals surface area (Å²) in [4.78, 5) is 12.5. The number of hydrogen-bond donors (Lipinski definition) is 1. The fourth-order valence-electron chi connectivity index (χ4n) is 3.08. The molecule has 1 fully saturated rings. The molecule has 3 heteroatoms. The molecule has 1 aromatic carbocycles. The van der Waals surface area contributed by atoms with Crippen LogP contribution in [0.4, 0.5) is 0 Å². The van der Waals surface area contributed by atoms with Crippen molar-refractivity contribution in [2.45, 2.75) is 45.1 Å². The first-order chi connectivity index (χ1) is 10.3. The number of aromatic amines is 1. The lowest BCUT2D eigenvalue weighted by molar-refractivity contribution is 0.318. The van der Waals surface area contributed by atoms with Crippen LogP contribution in [0.25, 0.3) is 11.4 Å². The van der Waals surface area contributed by atoms with Gasteiger partial charge in [-0.3, -0.25) is 4.99 Å². The molecule has 0 unspecified atom stereocenters. The van der Waals surface area contributed by atoms with Crippen molar-refractivity contribution in [1.82, 2.24) is 9.97 Å². The zero-order valence-electron chi connectivity index (χ0n) is 12.6. The van der Waals surface area contributed by atoms with Gasteiger partial charge in [-0.2, -0.15) is 0 Å². The van der Waals surface area contributed by atoms with Gasteiger partial charge in [0.1, 0.15) is 5.82 Å². The molecule has 0 spiro atoms. The van der Waals surface area contributed by atoms with E-state index in [2.05, 4.69) is 29.0 Å². The van der Waals surface area contributed by atoms with E-state index in [1.54, 1.807) is 0 Å². The van der Waals surface area contributed by atoms with Crippen LogP contribution >= 0.6 is 0 Å². The quantitative estimate of drug-likeness (QED) is 0.826. The highest BCUT2D eigenvalue weighted by Crippen LogP contribution is 2.27. The summed E-state index contributed by atoms with van der Waals surface area (Å²) in [5.41, 5.74) is 2.09. The van der Waals surface area contributed by atoms with Crippen LogP contribution in [0.2, 0.25) is 0 Å². The molecule has 0 amide bonds. The first-order valence-electron chi connectivity index (χ1n) is 7.96. The maximum atomic E-state index is 4.73. The van der Waals surface area contributed by atoms with Crippen molar-refractivity contribution >= 4 is 6.21 Å². The molecule has 110 valence electrons. The summed E-state index contributed by atoms with van der Waals surface area (Å²) in [6.45, 7) is 2.24. The Morgan fingerprint density at radius 2 is 1.95 bits per heavy atom. The van der Waals surface area contributed by atoms with E-state index in [-0.39, 0.29) is 0 Å². The van der Waals surface area contributed by atoms with Crippen LogP contribution in [0.3, 0.4) is 0 Å². The van der Waals surface area contributed by atoms with Crippen LogP contribution in [0.15, 0.2) is 41.5 Å². The SMILES string of the molecule is C[C@@H](N=Cc1cnc(-c2ccccc2)[nH]1)C1CCCCC1. The summed E-state index contributed by atoms with van der Waals surface area (Å²) in [6.07, 6.45) is 10.6. The van der Waals surface area contributed by atoms with Crippen LogP contribution in [0, 0.1) is 5.92 Å². The minimum absolute atomic E-state index is 0.411. The average molecular weight is 281 g/mol. The second-order valence-electron chi connectivity index (χ2n) is 5.97. The van der Waals surface area contributed by atoms with Crippen molar-refractivity contribution in [1.29, 1.82) is 0 Å². The third-order valence-electron chi connectivity index (χ3n) is 4.42. The van der Waals surface area contributed by atoms with Gasteiger partial charge in [0.2, 0.25) is 0 Å². The average Bonchev–Trinajstić information content (AvgIpc) is 3.03. The molecule has 1 saturated carbocycles. The maximum Gasteiger partial charge on any atom is 0.137 e. The molecule has 2 aromatic rings. The fraction of sp³-hybridized carbons (Fsp3) is 0.444. The lowest BCUT2D eigenvalue weighted by Gasteiger charge is -2.24. The van der Waals surface area contributed by atoms with Crippen LogP contribution in [0.1, 0.15) is 44.7 Å². The van der Waals surface area contributed by atoms with Gasteiger partial charge in [-0.1, -0.05) is 49.6 Å². The fourth-order valence-corrected chi connectivity index (χ4v) is 3.08. The molecule has 0 saturated heterocycles. The first kappa shape index (κ1) is 14.1. The van der Waals surface area contributed by atoms with Crippen LogP contribution in [-0.2, 0) is 0 Å². The first-order valence-corrected chi connectivity index (χ1v) is 7.96. The van der Waals surface area contributed by atoms with E-state index in [0.29, 0.717) is 6.04 Å². The molecule has 1 N–H and O–H groups in total. The molecule has 3 nitrogen and oxygen atoms in total. The molecule has 0 radical (unpaired) electrons. The Morgan fingerprint density at radius 3 is 2.71 bits per heavy atom. The van der Waals surface area contributed by atoms with Gasteiger partial charge < -0.3 is 4.98 Å². The lowest BCUT2D eigenvalue weighted by Crippen LogP contribution is -2.18. The van der Waals surface area contributed by atoms with Crippen molar-refractivity contribution in [3.63, 3.8) is 0 Å². The van der Waals surface area contributed by atoms with E-state index >= 15 is 0 Å². The zero-order valence-corrected chi connectivity index (χ0v) is 12.6. The highest BCUT2D eigenvalue weighted by Gasteiger charge is 2.18. The van der Waals surface area contributed by atoms with E-state index in [1.807, 2.05) is 30.6 Å². The van der Waals surface area contributed by atoms with E-state index in [1.165, 1.54) is 32.1 Å². The largest absolute Gasteiger partial charge is 0.337 e. The number of H-pyrrole nitrogens is 1.